The van der Waals surface area contributed by atoms with Crippen LogP contribution in [-0.2, 0) is 11.3 Å². The van der Waals surface area contributed by atoms with E-state index in [0.717, 1.165) is 11.1 Å². The molecule has 118 valence electrons. The first kappa shape index (κ1) is 15.6. The molecule has 8 heteroatoms. The zero-order valence-electron chi connectivity index (χ0n) is 12.3. The Bertz CT molecular complexity index is 802. The van der Waals surface area contributed by atoms with Crippen molar-refractivity contribution < 1.29 is 4.79 Å². The van der Waals surface area contributed by atoms with Crippen molar-refractivity contribution in [3.05, 3.63) is 51.7 Å². The van der Waals surface area contributed by atoms with Crippen molar-refractivity contribution in [2.24, 2.45) is 0 Å². The molecule has 1 amide bonds. The first-order valence-corrected chi connectivity index (χ1v) is 8.29. The van der Waals surface area contributed by atoms with Gasteiger partial charge < -0.3 is 5.32 Å². The first-order chi connectivity index (χ1) is 11.1. The van der Waals surface area contributed by atoms with E-state index in [-0.39, 0.29) is 18.5 Å². The van der Waals surface area contributed by atoms with Crippen LogP contribution in [0.4, 0.5) is 0 Å². The molecule has 1 aromatic carbocycles. The first-order valence-electron chi connectivity index (χ1n) is 6.97. The molecule has 0 bridgehead atoms. The fourth-order valence-electron chi connectivity index (χ4n) is 2.09. The predicted octanol–water partition coefficient (Wildman–Crippen LogP) is 2.93. The monoisotopic (exact) mass is 347 g/mol. The molecular weight excluding hydrogens is 334 g/mol. The average molecular weight is 348 g/mol. The number of carbonyl (C=O) groups is 1. The highest BCUT2D eigenvalue weighted by atomic mass is 35.5. The third kappa shape index (κ3) is 3.94. The van der Waals surface area contributed by atoms with E-state index in [4.69, 9.17) is 11.6 Å². The van der Waals surface area contributed by atoms with Crippen molar-refractivity contribution in [3.63, 3.8) is 0 Å². The Morgan fingerprint density at radius 1 is 1.43 bits per heavy atom. The van der Waals surface area contributed by atoms with Gasteiger partial charge in [0.2, 0.25) is 11.7 Å². The van der Waals surface area contributed by atoms with E-state index in [0.29, 0.717) is 10.8 Å². The van der Waals surface area contributed by atoms with Gasteiger partial charge in [0, 0.05) is 16.0 Å². The lowest BCUT2D eigenvalue weighted by atomic mass is 10.1. The van der Waals surface area contributed by atoms with Gasteiger partial charge in [0.05, 0.1) is 6.04 Å². The fraction of sp³-hybridized carbons (Fsp3) is 0.200. The number of thiophene rings is 1. The molecule has 23 heavy (non-hydrogen) atoms. The number of tetrazole rings is 1. The molecule has 0 aliphatic heterocycles. The molecule has 0 aliphatic rings. The van der Waals surface area contributed by atoms with E-state index in [2.05, 4.69) is 20.7 Å². The number of halogens is 1. The maximum atomic E-state index is 12.1. The Kier molecular flexibility index (Phi) is 4.68. The molecule has 3 rings (SSSR count). The zero-order chi connectivity index (χ0) is 16.2. The van der Waals surface area contributed by atoms with Crippen LogP contribution in [0.15, 0.2) is 41.1 Å². The van der Waals surface area contributed by atoms with Crippen molar-refractivity contribution in [3.8, 4) is 11.4 Å². The van der Waals surface area contributed by atoms with Gasteiger partial charge in [-0.3, -0.25) is 4.79 Å². The molecule has 0 radical (unpaired) electrons. The molecule has 2 aromatic heterocycles. The number of benzene rings is 1. The molecule has 0 saturated heterocycles. The van der Waals surface area contributed by atoms with Crippen molar-refractivity contribution in [2.75, 3.05) is 0 Å². The summed E-state index contributed by atoms with van der Waals surface area (Å²) in [4.78, 5) is 13.4. The second kappa shape index (κ2) is 6.89. The Hall–Kier alpha value is -2.25. The second-order valence-electron chi connectivity index (χ2n) is 5.00. The lowest BCUT2D eigenvalue weighted by molar-refractivity contribution is -0.122. The highest BCUT2D eigenvalue weighted by Crippen LogP contribution is 2.18. The minimum Gasteiger partial charge on any atom is -0.348 e. The van der Waals surface area contributed by atoms with Crippen molar-refractivity contribution in [2.45, 2.75) is 19.5 Å². The lowest BCUT2D eigenvalue weighted by Crippen LogP contribution is -2.30. The molecule has 3 aromatic rings. The standard InChI is InChI=1S/C15H14ClN5OS/c1-10(11-3-2-4-13(16)7-11)17-14(22)8-21-19-15(18-20-21)12-5-6-23-9-12/h2-7,9-10H,8H2,1H3,(H,17,22)/t10-/m1/s1. The van der Waals surface area contributed by atoms with Crippen LogP contribution in [0, 0.1) is 0 Å². The van der Waals surface area contributed by atoms with Crippen molar-refractivity contribution in [1.82, 2.24) is 25.5 Å². The normalized spacial score (nSPS) is 12.1. The van der Waals surface area contributed by atoms with Gasteiger partial charge in [0.1, 0.15) is 6.54 Å². The number of rotatable bonds is 5. The molecule has 1 N–H and O–H groups in total. The number of hydrogen-bond acceptors (Lipinski definition) is 5. The summed E-state index contributed by atoms with van der Waals surface area (Å²) < 4.78 is 0. The van der Waals surface area contributed by atoms with Crippen LogP contribution in [0.2, 0.25) is 5.02 Å². The summed E-state index contributed by atoms with van der Waals surface area (Å²) in [5.41, 5.74) is 1.84. The fourth-order valence-corrected chi connectivity index (χ4v) is 2.93. The Labute approximate surface area is 142 Å². The maximum Gasteiger partial charge on any atom is 0.244 e. The number of aromatic nitrogens is 4. The Morgan fingerprint density at radius 2 is 2.30 bits per heavy atom. The van der Waals surface area contributed by atoms with Crippen LogP contribution in [-0.4, -0.2) is 26.1 Å². The molecule has 2 heterocycles. The summed E-state index contributed by atoms with van der Waals surface area (Å²) in [6.07, 6.45) is 0. The number of carbonyl (C=O) groups excluding carboxylic acids is 1. The van der Waals surface area contributed by atoms with E-state index >= 15 is 0 Å². The van der Waals surface area contributed by atoms with Crippen LogP contribution >= 0.6 is 22.9 Å². The summed E-state index contributed by atoms with van der Waals surface area (Å²) >= 11 is 7.52. The summed E-state index contributed by atoms with van der Waals surface area (Å²) in [6, 6.07) is 9.15. The molecule has 0 aliphatic carbocycles. The molecule has 0 saturated carbocycles. The Balaban J connectivity index is 1.61. The average Bonchev–Trinajstić information content (AvgIpc) is 3.17. The highest BCUT2D eigenvalue weighted by Gasteiger charge is 2.13. The van der Waals surface area contributed by atoms with Gasteiger partial charge in [-0.15, -0.1) is 10.2 Å². The quantitative estimate of drug-likeness (QED) is 0.770. The summed E-state index contributed by atoms with van der Waals surface area (Å²) in [5, 5.41) is 19.5. The smallest absolute Gasteiger partial charge is 0.244 e. The molecule has 1 atom stereocenters. The van der Waals surface area contributed by atoms with E-state index < -0.39 is 0 Å². The van der Waals surface area contributed by atoms with Crippen LogP contribution in [0.3, 0.4) is 0 Å². The van der Waals surface area contributed by atoms with E-state index in [1.165, 1.54) is 4.80 Å². The van der Waals surface area contributed by atoms with Gasteiger partial charge in [-0.2, -0.15) is 16.1 Å². The third-order valence-corrected chi connectivity index (χ3v) is 4.16. The summed E-state index contributed by atoms with van der Waals surface area (Å²) in [6.45, 7) is 1.91. The van der Waals surface area contributed by atoms with Crippen molar-refractivity contribution >= 4 is 28.8 Å². The molecular formula is C15H14ClN5OS. The van der Waals surface area contributed by atoms with Gasteiger partial charge in [-0.1, -0.05) is 23.7 Å². The largest absolute Gasteiger partial charge is 0.348 e. The van der Waals surface area contributed by atoms with Gasteiger partial charge in [0.15, 0.2) is 0 Å². The van der Waals surface area contributed by atoms with Gasteiger partial charge in [-0.05, 0) is 41.3 Å². The lowest BCUT2D eigenvalue weighted by Gasteiger charge is -2.14. The summed E-state index contributed by atoms with van der Waals surface area (Å²) in [7, 11) is 0. The topological polar surface area (TPSA) is 72.7 Å². The highest BCUT2D eigenvalue weighted by molar-refractivity contribution is 7.08. The zero-order valence-corrected chi connectivity index (χ0v) is 13.9. The molecule has 6 nitrogen and oxygen atoms in total. The predicted molar refractivity (Wildman–Crippen MR) is 89.1 cm³/mol. The number of hydrogen-bond donors (Lipinski definition) is 1. The Morgan fingerprint density at radius 3 is 3.04 bits per heavy atom. The SMILES string of the molecule is C[C@@H](NC(=O)Cn1nnc(-c2ccsc2)n1)c1cccc(Cl)c1. The maximum absolute atomic E-state index is 12.1. The number of nitrogens with one attached hydrogen (secondary N) is 1. The molecule has 0 spiro atoms. The third-order valence-electron chi connectivity index (χ3n) is 3.24. The van der Waals surface area contributed by atoms with Gasteiger partial charge >= 0.3 is 0 Å². The second-order valence-corrected chi connectivity index (χ2v) is 6.22. The number of nitrogens with zero attached hydrogens (tertiary/aromatic N) is 4. The summed E-state index contributed by atoms with van der Waals surface area (Å²) in [5.74, 6) is 0.327. The van der Waals surface area contributed by atoms with Gasteiger partial charge in [0.25, 0.3) is 0 Å². The van der Waals surface area contributed by atoms with Crippen LogP contribution in [0.1, 0.15) is 18.5 Å². The van der Waals surface area contributed by atoms with E-state index in [1.807, 2.05) is 41.9 Å². The van der Waals surface area contributed by atoms with E-state index in [1.54, 1.807) is 17.4 Å². The van der Waals surface area contributed by atoms with Crippen LogP contribution in [0.25, 0.3) is 11.4 Å². The molecule has 0 unspecified atom stereocenters. The minimum absolute atomic E-state index is 0.0159. The number of amides is 1. The minimum atomic E-state index is -0.188. The van der Waals surface area contributed by atoms with Crippen LogP contribution in [0.5, 0.6) is 0 Å². The van der Waals surface area contributed by atoms with Gasteiger partial charge in [-0.25, -0.2) is 0 Å². The van der Waals surface area contributed by atoms with Crippen molar-refractivity contribution in [1.29, 1.82) is 0 Å². The van der Waals surface area contributed by atoms with E-state index in [9.17, 15) is 4.79 Å². The molecule has 0 fully saturated rings. The van der Waals surface area contributed by atoms with Crippen LogP contribution < -0.4 is 5.32 Å².